The Labute approximate surface area is 105 Å². The van der Waals surface area contributed by atoms with Crippen molar-refractivity contribution in [3.05, 3.63) is 17.4 Å². The summed E-state index contributed by atoms with van der Waals surface area (Å²) in [6, 6.07) is 1.02. The van der Waals surface area contributed by atoms with E-state index >= 15 is 0 Å². The number of aromatic carboxylic acids is 1. The molecule has 2 rings (SSSR count). The van der Waals surface area contributed by atoms with E-state index in [9.17, 15) is 18.3 Å². The van der Waals surface area contributed by atoms with Crippen LogP contribution >= 0.6 is 0 Å². The van der Waals surface area contributed by atoms with E-state index in [1.54, 1.807) is 0 Å². The molecule has 0 N–H and O–H groups in total. The molecular formula is C11H14NO5S-. The number of carboxylic acids is 1. The van der Waals surface area contributed by atoms with Gasteiger partial charge in [0.1, 0.15) is 5.76 Å². The average molecular weight is 272 g/mol. The maximum atomic E-state index is 12.2. The van der Waals surface area contributed by atoms with Crippen molar-refractivity contribution in [2.45, 2.75) is 31.3 Å². The zero-order valence-corrected chi connectivity index (χ0v) is 10.8. The van der Waals surface area contributed by atoms with Crippen LogP contribution in [0.4, 0.5) is 0 Å². The topological polar surface area (TPSA) is 90.7 Å². The van der Waals surface area contributed by atoms with Crippen LogP contribution in [0.3, 0.4) is 0 Å². The van der Waals surface area contributed by atoms with Crippen LogP contribution in [0.25, 0.3) is 0 Å². The molecular weight excluding hydrogens is 258 g/mol. The van der Waals surface area contributed by atoms with Crippen LogP contribution in [-0.2, 0) is 10.0 Å². The highest BCUT2D eigenvalue weighted by Gasteiger charge is 2.29. The molecule has 18 heavy (non-hydrogen) atoms. The van der Waals surface area contributed by atoms with Gasteiger partial charge in [0, 0.05) is 24.7 Å². The molecule has 1 aliphatic heterocycles. The third-order valence-electron chi connectivity index (χ3n) is 3.02. The lowest BCUT2D eigenvalue weighted by molar-refractivity contribution is -0.255. The first-order valence-electron chi connectivity index (χ1n) is 5.75. The van der Waals surface area contributed by atoms with Gasteiger partial charge in [-0.2, -0.15) is 4.31 Å². The average Bonchev–Trinajstić information content (AvgIpc) is 2.73. The summed E-state index contributed by atoms with van der Waals surface area (Å²) >= 11 is 0. The van der Waals surface area contributed by atoms with Crippen molar-refractivity contribution in [3.8, 4) is 0 Å². The number of piperidine rings is 1. The first kappa shape index (κ1) is 13.1. The fourth-order valence-electron chi connectivity index (χ4n) is 2.02. The highest BCUT2D eigenvalue weighted by molar-refractivity contribution is 7.89. The highest BCUT2D eigenvalue weighted by Crippen LogP contribution is 2.24. The Bertz CT molecular complexity index is 554. The van der Waals surface area contributed by atoms with E-state index in [0.717, 1.165) is 25.3 Å². The summed E-state index contributed by atoms with van der Waals surface area (Å²) < 4.78 is 30.8. The van der Waals surface area contributed by atoms with Crippen LogP contribution < -0.4 is 5.11 Å². The molecule has 7 heteroatoms. The van der Waals surface area contributed by atoms with Crippen molar-refractivity contribution >= 4 is 16.0 Å². The molecule has 1 saturated heterocycles. The molecule has 0 radical (unpaired) electrons. The SMILES string of the molecule is Cc1oc(S(=O)(=O)N2CCCCC2)cc1C(=O)[O-]. The van der Waals surface area contributed by atoms with Crippen LogP contribution in [-0.4, -0.2) is 31.8 Å². The molecule has 0 saturated carbocycles. The smallest absolute Gasteiger partial charge is 0.276 e. The molecule has 1 aromatic heterocycles. The second kappa shape index (κ2) is 4.74. The van der Waals surface area contributed by atoms with Crippen molar-refractivity contribution in [2.75, 3.05) is 13.1 Å². The lowest BCUT2D eigenvalue weighted by Crippen LogP contribution is -2.35. The molecule has 0 aliphatic carbocycles. The Morgan fingerprint density at radius 2 is 1.94 bits per heavy atom. The molecule has 0 bridgehead atoms. The predicted octanol–water partition coefficient (Wildman–Crippen LogP) is 0.126. The summed E-state index contributed by atoms with van der Waals surface area (Å²) in [6.07, 6.45) is 2.63. The van der Waals surface area contributed by atoms with Crippen LogP contribution in [0.15, 0.2) is 15.6 Å². The number of hydrogen-bond donors (Lipinski definition) is 0. The van der Waals surface area contributed by atoms with Crippen molar-refractivity contribution < 1.29 is 22.7 Å². The first-order valence-corrected chi connectivity index (χ1v) is 7.19. The van der Waals surface area contributed by atoms with E-state index in [4.69, 9.17) is 4.42 Å². The number of furan rings is 1. The normalized spacial score (nSPS) is 17.8. The lowest BCUT2D eigenvalue weighted by atomic mass is 10.2. The molecule has 2 heterocycles. The molecule has 0 amide bonds. The third kappa shape index (κ3) is 2.28. The van der Waals surface area contributed by atoms with Gasteiger partial charge in [-0.3, -0.25) is 0 Å². The number of nitrogens with zero attached hydrogens (tertiary/aromatic N) is 1. The minimum Gasteiger partial charge on any atom is -0.545 e. The van der Waals surface area contributed by atoms with E-state index in [2.05, 4.69) is 0 Å². The predicted molar refractivity (Wildman–Crippen MR) is 60.4 cm³/mol. The molecule has 6 nitrogen and oxygen atoms in total. The van der Waals surface area contributed by atoms with E-state index in [1.165, 1.54) is 11.2 Å². The fraction of sp³-hybridized carbons (Fsp3) is 0.545. The first-order chi connectivity index (χ1) is 8.43. The maximum Gasteiger partial charge on any atom is 0.276 e. The van der Waals surface area contributed by atoms with Gasteiger partial charge in [-0.25, -0.2) is 8.42 Å². The van der Waals surface area contributed by atoms with E-state index in [0.29, 0.717) is 13.1 Å². The molecule has 0 unspecified atom stereocenters. The zero-order valence-electron chi connectivity index (χ0n) is 10.0. The Kier molecular flexibility index (Phi) is 3.45. The summed E-state index contributed by atoms with van der Waals surface area (Å²) in [4.78, 5) is 10.8. The van der Waals surface area contributed by atoms with Crippen LogP contribution in [0.1, 0.15) is 35.4 Å². The maximum absolute atomic E-state index is 12.2. The van der Waals surface area contributed by atoms with Crippen molar-refractivity contribution in [1.29, 1.82) is 0 Å². The molecule has 1 aliphatic rings. The quantitative estimate of drug-likeness (QED) is 0.779. The minimum absolute atomic E-state index is 0.0468. The van der Waals surface area contributed by atoms with Gasteiger partial charge < -0.3 is 14.3 Å². The molecule has 0 spiro atoms. The van der Waals surface area contributed by atoms with Crippen molar-refractivity contribution in [1.82, 2.24) is 4.31 Å². The van der Waals surface area contributed by atoms with Gasteiger partial charge in [-0.1, -0.05) is 6.42 Å². The standard InChI is InChI=1S/C11H15NO5S/c1-8-9(11(13)14)7-10(17-8)18(15,16)12-5-3-2-4-6-12/h7H,2-6H2,1H3,(H,13,14)/p-1. The van der Waals surface area contributed by atoms with E-state index < -0.39 is 16.0 Å². The largest absolute Gasteiger partial charge is 0.545 e. The second-order valence-corrected chi connectivity index (χ2v) is 6.16. The van der Waals surface area contributed by atoms with Crippen LogP contribution in [0, 0.1) is 6.92 Å². The Morgan fingerprint density at radius 3 is 2.44 bits per heavy atom. The summed E-state index contributed by atoms with van der Waals surface area (Å²) in [5.41, 5.74) is -0.217. The van der Waals surface area contributed by atoms with Crippen molar-refractivity contribution in [2.24, 2.45) is 0 Å². The number of hydrogen-bond acceptors (Lipinski definition) is 5. The molecule has 0 atom stereocenters. The van der Waals surface area contributed by atoms with Gasteiger partial charge in [0.25, 0.3) is 10.0 Å². The second-order valence-electron chi connectivity index (χ2n) is 4.29. The number of sulfonamides is 1. The summed E-state index contributed by atoms with van der Waals surface area (Å²) in [5.74, 6) is -1.39. The zero-order chi connectivity index (χ0) is 13.3. The third-order valence-corrected chi connectivity index (χ3v) is 4.78. The summed E-state index contributed by atoms with van der Waals surface area (Å²) in [5, 5.41) is 10.4. The van der Waals surface area contributed by atoms with Crippen LogP contribution in [0.2, 0.25) is 0 Å². The Balaban J connectivity index is 2.35. The summed E-state index contributed by atoms with van der Waals surface area (Å²) in [7, 11) is -3.72. The molecule has 1 fully saturated rings. The summed E-state index contributed by atoms with van der Waals surface area (Å²) in [6.45, 7) is 2.30. The van der Waals surface area contributed by atoms with Gasteiger partial charge in [-0.05, 0) is 19.8 Å². The van der Waals surface area contributed by atoms with Crippen LogP contribution in [0.5, 0.6) is 0 Å². The van der Waals surface area contributed by atoms with Gasteiger partial charge in [0.2, 0.25) is 5.09 Å². The number of carbonyl (C=O) groups excluding carboxylic acids is 1. The monoisotopic (exact) mass is 272 g/mol. The van der Waals surface area contributed by atoms with Gasteiger partial charge >= 0.3 is 0 Å². The minimum atomic E-state index is -3.72. The molecule has 0 aromatic carbocycles. The number of carbonyl (C=O) groups is 1. The lowest BCUT2D eigenvalue weighted by Gasteiger charge is -2.24. The van der Waals surface area contributed by atoms with E-state index in [-0.39, 0.29) is 16.4 Å². The van der Waals surface area contributed by atoms with Gasteiger partial charge in [-0.15, -0.1) is 0 Å². The molecule has 100 valence electrons. The number of carboxylic acid groups (broad SMARTS) is 1. The Morgan fingerprint density at radius 1 is 1.33 bits per heavy atom. The van der Waals surface area contributed by atoms with Gasteiger partial charge in [0.05, 0.1) is 5.97 Å². The molecule has 1 aromatic rings. The van der Waals surface area contributed by atoms with E-state index in [1.807, 2.05) is 0 Å². The van der Waals surface area contributed by atoms with Gasteiger partial charge in [0.15, 0.2) is 0 Å². The fourth-order valence-corrected chi connectivity index (χ4v) is 3.51. The number of aryl methyl sites for hydroxylation is 1. The number of rotatable bonds is 3. The highest BCUT2D eigenvalue weighted by atomic mass is 32.2. The Hall–Kier alpha value is -1.34. The van der Waals surface area contributed by atoms with Crippen molar-refractivity contribution in [3.63, 3.8) is 0 Å².